The monoisotopic (exact) mass is 250 g/mol. The van der Waals surface area contributed by atoms with Crippen molar-refractivity contribution in [2.75, 3.05) is 40.6 Å². The molecule has 0 fully saturated rings. The van der Waals surface area contributed by atoms with Crippen LogP contribution in [0.2, 0.25) is 0 Å². The van der Waals surface area contributed by atoms with Crippen LogP contribution in [0.15, 0.2) is 0 Å². The molecule has 0 spiro atoms. The molecule has 5 nitrogen and oxygen atoms in total. The van der Waals surface area contributed by atoms with Crippen LogP contribution < -0.4 is 0 Å². The van der Waals surface area contributed by atoms with Gasteiger partial charge in [0.25, 0.3) is 0 Å². The van der Waals surface area contributed by atoms with Crippen LogP contribution in [0.1, 0.15) is 27.7 Å². The third-order valence-corrected chi connectivity index (χ3v) is 2.14. The van der Waals surface area contributed by atoms with Crippen molar-refractivity contribution in [3.63, 3.8) is 0 Å². The summed E-state index contributed by atoms with van der Waals surface area (Å²) in [5.74, 6) is -1.68. The molecule has 0 aliphatic carbocycles. The van der Waals surface area contributed by atoms with Crippen LogP contribution in [-0.2, 0) is 23.7 Å². The van der Waals surface area contributed by atoms with Gasteiger partial charge in [-0.05, 0) is 27.7 Å². The van der Waals surface area contributed by atoms with Gasteiger partial charge in [0.2, 0.25) is 0 Å². The van der Waals surface area contributed by atoms with Gasteiger partial charge < -0.3 is 23.7 Å². The molecule has 0 aromatic heterocycles. The van der Waals surface area contributed by atoms with E-state index >= 15 is 0 Å². The van der Waals surface area contributed by atoms with Gasteiger partial charge >= 0.3 is 0 Å². The fourth-order valence-electron chi connectivity index (χ4n) is 1.79. The highest BCUT2D eigenvalue weighted by Crippen LogP contribution is 2.24. The van der Waals surface area contributed by atoms with Crippen molar-refractivity contribution in [2.24, 2.45) is 0 Å². The molecule has 0 radical (unpaired) electrons. The molecule has 0 rings (SSSR count). The topological polar surface area (TPSA) is 46.2 Å². The van der Waals surface area contributed by atoms with Gasteiger partial charge in [-0.2, -0.15) is 0 Å². The van der Waals surface area contributed by atoms with Gasteiger partial charge in [0.15, 0.2) is 11.6 Å². The van der Waals surface area contributed by atoms with Gasteiger partial charge in [-0.25, -0.2) is 0 Å². The first kappa shape index (κ1) is 16.8. The summed E-state index contributed by atoms with van der Waals surface area (Å²) in [4.78, 5) is 0. The van der Waals surface area contributed by atoms with Crippen molar-refractivity contribution in [1.82, 2.24) is 0 Å². The number of ether oxygens (including phenoxy) is 5. The van der Waals surface area contributed by atoms with E-state index in [9.17, 15) is 0 Å². The molecule has 0 heterocycles. The standard InChI is InChI=1S/C12H26O5/c1-7-15-11(3,9-13-5)17-12(4,10-14-6)16-8-2/h7-10H2,1-6H3. The minimum atomic E-state index is -0.841. The number of rotatable bonds is 10. The van der Waals surface area contributed by atoms with Gasteiger partial charge in [-0.3, -0.25) is 0 Å². The molecule has 0 aliphatic rings. The summed E-state index contributed by atoms with van der Waals surface area (Å²) in [5, 5.41) is 0. The van der Waals surface area contributed by atoms with Gasteiger partial charge in [-0.15, -0.1) is 0 Å². The minimum absolute atomic E-state index is 0.327. The second kappa shape index (κ2) is 8.00. The van der Waals surface area contributed by atoms with Crippen LogP contribution in [0.4, 0.5) is 0 Å². The van der Waals surface area contributed by atoms with Gasteiger partial charge in [0.05, 0.1) is 0 Å². The van der Waals surface area contributed by atoms with Gasteiger partial charge in [0.1, 0.15) is 13.2 Å². The molecule has 17 heavy (non-hydrogen) atoms. The van der Waals surface area contributed by atoms with Crippen LogP contribution in [0, 0.1) is 0 Å². The molecule has 0 saturated heterocycles. The van der Waals surface area contributed by atoms with E-state index in [2.05, 4.69) is 0 Å². The second-order valence-electron chi connectivity index (χ2n) is 4.10. The van der Waals surface area contributed by atoms with Crippen LogP contribution in [0.5, 0.6) is 0 Å². The Kier molecular flexibility index (Phi) is 7.91. The summed E-state index contributed by atoms with van der Waals surface area (Å²) in [5.41, 5.74) is 0. The largest absolute Gasteiger partial charge is 0.379 e. The fraction of sp³-hybridized carbons (Fsp3) is 1.00. The highest BCUT2D eigenvalue weighted by atomic mass is 16.8. The van der Waals surface area contributed by atoms with Crippen LogP contribution >= 0.6 is 0 Å². The quantitative estimate of drug-likeness (QED) is 0.553. The summed E-state index contributed by atoms with van der Waals surface area (Å²) >= 11 is 0. The fourth-order valence-corrected chi connectivity index (χ4v) is 1.79. The first-order valence-corrected chi connectivity index (χ1v) is 5.91. The van der Waals surface area contributed by atoms with E-state index in [1.165, 1.54) is 0 Å². The van der Waals surface area contributed by atoms with Crippen molar-refractivity contribution in [3.8, 4) is 0 Å². The smallest absolute Gasteiger partial charge is 0.192 e. The first-order chi connectivity index (χ1) is 7.95. The Morgan fingerprint density at radius 1 is 0.765 bits per heavy atom. The van der Waals surface area contributed by atoms with Crippen molar-refractivity contribution < 1.29 is 23.7 Å². The lowest BCUT2D eigenvalue weighted by Crippen LogP contribution is -2.49. The highest BCUT2D eigenvalue weighted by molar-refractivity contribution is 4.71. The van der Waals surface area contributed by atoms with Crippen LogP contribution in [0.3, 0.4) is 0 Å². The summed E-state index contributed by atoms with van der Waals surface area (Å²) in [6, 6.07) is 0. The van der Waals surface area contributed by atoms with Crippen molar-refractivity contribution in [1.29, 1.82) is 0 Å². The first-order valence-electron chi connectivity index (χ1n) is 5.91. The molecule has 0 bridgehead atoms. The number of hydrogen-bond donors (Lipinski definition) is 0. The maximum absolute atomic E-state index is 5.89. The van der Waals surface area contributed by atoms with Crippen molar-refractivity contribution in [2.45, 2.75) is 39.3 Å². The lowest BCUT2D eigenvalue weighted by Gasteiger charge is -2.38. The molecule has 104 valence electrons. The van der Waals surface area contributed by atoms with Crippen LogP contribution in [0.25, 0.3) is 0 Å². The third-order valence-electron chi connectivity index (χ3n) is 2.14. The molecule has 0 aromatic rings. The lowest BCUT2D eigenvalue weighted by atomic mass is 10.3. The second-order valence-corrected chi connectivity index (χ2v) is 4.10. The maximum atomic E-state index is 5.89. The summed E-state index contributed by atoms with van der Waals surface area (Å²) in [6.07, 6.45) is 0. The Hall–Kier alpha value is -0.200. The predicted octanol–water partition coefficient (Wildman–Crippen LogP) is 1.80. The predicted molar refractivity (Wildman–Crippen MR) is 64.9 cm³/mol. The van der Waals surface area contributed by atoms with E-state index in [1.807, 2.05) is 27.7 Å². The van der Waals surface area contributed by atoms with E-state index in [0.717, 1.165) is 0 Å². The summed E-state index contributed by atoms with van der Waals surface area (Å²) in [7, 11) is 3.21. The molecule has 0 amide bonds. The molecular formula is C12H26O5. The molecule has 0 N–H and O–H groups in total. The molecule has 0 aromatic carbocycles. The zero-order chi connectivity index (χ0) is 13.4. The summed E-state index contributed by atoms with van der Waals surface area (Å²) < 4.78 is 27.3. The Bertz CT molecular complexity index is 163. The van der Waals surface area contributed by atoms with Crippen molar-refractivity contribution >= 4 is 0 Å². The van der Waals surface area contributed by atoms with Crippen molar-refractivity contribution in [3.05, 3.63) is 0 Å². The van der Waals surface area contributed by atoms with E-state index in [0.29, 0.717) is 26.4 Å². The number of hydrogen-bond acceptors (Lipinski definition) is 5. The molecule has 0 saturated carbocycles. The Morgan fingerprint density at radius 3 is 1.35 bits per heavy atom. The number of methoxy groups -OCH3 is 2. The van der Waals surface area contributed by atoms with E-state index in [1.54, 1.807) is 14.2 Å². The molecule has 5 heteroatoms. The SMILES string of the molecule is CCOC(C)(COC)OC(C)(COC)OCC. The Balaban J connectivity index is 4.65. The normalized spacial score (nSPS) is 18.7. The third kappa shape index (κ3) is 6.33. The van der Waals surface area contributed by atoms with Crippen LogP contribution in [-0.4, -0.2) is 52.2 Å². The highest BCUT2D eigenvalue weighted by Gasteiger charge is 2.37. The van der Waals surface area contributed by atoms with E-state index < -0.39 is 11.6 Å². The maximum Gasteiger partial charge on any atom is 0.192 e. The molecular weight excluding hydrogens is 224 g/mol. The molecule has 2 atom stereocenters. The average molecular weight is 250 g/mol. The zero-order valence-electron chi connectivity index (χ0n) is 11.9. The van der Waals surface area contributed by atoms with E-state index in [4.69, 9.17) is 23.7 Å². The van der Waals surface area contributed by atoms with Gasteiger partial charge in [-0.1, -0.05) is 0 Å². The average Bonchev–Trinajstić information content (AvgIpc) is 2.17. The molecule has 2 unspecified atom stereocenters. The molecule has 0 aliphatic heterocycles. The Labute approximate surface area is 104 Å². The Morgan fingerprint density at radius 2 is 1.12 bits per heavy atom. The summed E-state index contributed by atoms with van der Waals surface area (Å²) in [6.45, 7) is 9.20. The van der Waals surface area contributed by atoms with E-state index in [-0.39, 0.29) is 0 Å². The zero-order valence-corrected chi connectivity index (χ0v) is 11.9. The lowest BCUT2D eigenvalue weighted by molar-refractivity contribution is -0.363. The minimum Gasteiger partial charge on any atom is -0.379 e. The van der Waals surface area contributed by atoms with Gasteiger partial charge in [0, 0.05) is 27.4 Å².